The Kier molecular flexibility index (Phi) is 6.80. The van der Waals surface area contributed by atoms with Gasteiger partial charge in [-0.25, -0.2) is 4.39 Å². The van der Waals surface area contributed by atoms with Crippen LogP contribution in [0.4, 0.5) is 15.8 Å². The number of benzene rings is 2. The summed E-state index contributed by atoms with van der Waals surface area (Å²) >= 11 is 7.78. The van der Waals surface area contributed by atoms with Gasteiger partial charge in [0.25, 0.3) is 5.91 Å². The molecule has 1 aliphatic rings. The lowest BCUT2D eigenvalue weighted by Gasteiger charge is -2.26. The SMILES string of the molecule is Cc1ccc(C(=O)N2CCSCC2)cc1NCC(=O)Nc1ccc(F)cc1Cl. The van der Waals surface area contributed by atoms with E-state index < -0.39 is 5.82 Å². The minimum atomic E-state index is -0.467. The number of amides is 2. The lowest BCUT2D eigenvalue weighted by Crippen LogP contribution is -2.37. The minimum Gasteiger partial charge on any atom is -0.376 e. The van der Waals surface area contributed by atoms with E-state index in [2.05, 4.69) is 10.6 Å². The van der Waals surface area contributed by atoms with Crippen LogP contribution >= 0.6 is 23.4 Å². The molecule has 3 rings (SSSR count). The predicted octanol–water partition coefficient (Wildman–Crippen LogP) is 4.03. The van der Waals surface area contributed by atoms with E-state index in [1.54, 1.807) is 6.07 Å². The van der Waals surface area contributed by atoms with Crippen LogP contribution in [0.5, 0.6) is 0 Å². The van der Waals surface area contributed by atoms with Crippen molar-refractivity contribution in [2.24, 2.45) is 0 Å². The number of nitrogens with one attached hydrogen (secondary N) is 2. The number of hydrogen-bond acceptors (Lipinski definition) is 4. The highest BCUT2D eigenvalue weighted by Gasteiger charge is 2.19. The molecule has 1 heterocycles. The fourth-order valence-electron chi connectivity index (χ4n) is 2.86. The number of hydrogen-bond donors (Lipinski definition) is 2. The van der Waals surface area contributed by atoms with Crippen LogP contribution in [0, 0.1) is 12.7 Å². The molecule has 5 nitrogen and oxygen atoms in total. The van der Waals surface area contributed by atoms with Crippen molar-refractivity contribution >= 4 is 46.6 Å². The normalized spacial score (nSPS) is 13.9. The second-order valence-electron chi connectivity index (χ2n) is 6.46. The first kappa shape index (κ1) is 20.5. The van der Waals surface area contributed by atoms with E-state index in [0.29, 0.717) is 11.3 Å². The van der Waals surface area contributed by atoms with E-state index in [1.165, 1.54) is 12.1 Å². The van der Waals surface area contributed by atoms with Crippen molar-refractivity contribution < 1.29 is 14.0 Å². The molecule has 2 N–H and O–H groups in total. The fourth-order valence-corrected chi connectivity index (χ4v) is 3.97. The summed E-state index contributed by atoms with van der Waals surface area (Å²) in [5, 5.41) is 5.83. The molecule has 1 saturated heterocycles. The molecule has 148 valence electrons. The standard InChI is InChI=1S/C20H21ClFN3O2S/c1-13-2-3-14(20(27)25-6-8-28-9-7-25)10-18(13)23-12-19(26)24-17-5-4-15(22)11-16(17)21/h2-5,10-11,23H,6-9,12H2,1H3,(H,24,26). The van der Waals surface area contributed by atoms with Crippen LogP contribution in [0.1, 0.15) is 15.9 Å². The van der Waals surface area contributed by atoms with Gasteiger partial charge < -0.3 is 15.5 Å². The van der Waals surface area contributed by atoms with Gasteiger partial charge in [0.2, 0.25) is 5.91 Å². The summed E-state index contributed by atoms with van der Waals surface area (Å²) < 4.78 is 13.1. The number of anilines is 2. The summed E-state index contributed by atoms with van der Waals surface area (Å²) in [5.74, 6) is 1.12. The first-order valence-electron chi connectivity index (χ1n) is 8.90. The van der Waals surface area contributed by atoms with Crippen LogP contribution in [0.25, 0.3) is 0 Å². The van der Waals surface area contributed by atoms with Crippen molar-refractivity contribution in [2.45, 2.75) is 6.92 Å². The Morgan fingerprint density at radius 1 is 1.14 bits per heavy atom. The third-order valence-corrected chi connectivity index (χ3v) is 5.68. The van der Waals surface area contributed by atoms with Gasteiger partial charge in [-0.1, -0.05) is 17.7 Å². The third kappa shape index (κ3) is 5.17. The summed E-state index contributed by atoms with van der Waals surface area (Å²) in [6.45, 7) is 3.40. The van der Waals surface area contributed by atoms with Crippen molar-refractivity contribution in [1.29, 1.82) is 0 Å². The molecule has 0 radical (unpaired) electrons. The van der Waals surface area contributed by atoms with E-state index in [4.69, 9.17) is 11.6 Å². The van der Waals surface area contributed by atoms with Gasteiger partial charge >= 0.3 is 0 Å². The molecule has 2 aromatic carbocycles. The number of thioether (sulfide) groups is 1. The zero-order valence-electron chi connectivity index (χ0n) is 15.4. The second kappa shape index (κ2) is 9.30. The van der Waals surface area contributed by atoms with Gasteiger partial charge in [0.1, 0.15) is 5.82 Å². The highest BCUT2D eigenvalue weighted by molar-refractivity contribution is 7.99. The van der Waals surface area contributed by atoms with Crippen molar-refractivity contribution in [1.82, 2.24) is 4.90 Å². The van der Waals surface area contributed by atoms with Gasteiger partial charge in [-0.3, -0.25) is 9.59 Å². The summed E-state index contributed by atoms with van der Waals surface area (Å²) in [5.41, 5.74) is 2.59. The molecule has 28 heavy (non-hydrogen) atoms. The third-order valence-electron chi connectivity index (χ3n) is 4.43. The Bertz CT molecular complexity index is 888. The lowest BCUT2D eigenvalue weighted by atomic mass is 10.1. The maximum absolute atomic E-state index is 13.1. The van der Waals surface area contributed by atoms with Gasteiger partial charge in [0, 0.05) is 35.8 Å². The van der Waals surface area contributed by atoms with Gasteiger partial charge in [-0.2, -0.15) is 11.8 Å². The molecule has 0 atom stereocenters. The van der Waals surface area contributed by atoms with Gasteiger partial charge in [0.05, 0.1) is 17.3 Å². The maximum Gasteiger partial charge on any atom is 0.253 e. The molecule has 1 fully saturated rings. The highest BCUT2D eigenvalue weighted by Crippen LogP contribution is 2.23. The molecule has 0 aromatic heterocycles. The maximum atomic E-state index is 13.1. The van der Waals surface area contributed by atoms with Crippen LogP contribution in [0.3, 0.4) is 0 Å². The number of aryl methyl sites for hydroxylation is 1. The first-order chi connectivity index (χ1) is 13.4. The zero-order chi connectivity index (χ0) is 20.1. The van der Waals surface area contributed by atoms with E-state index in [0.717, 1.165) is 41.9 Å². The van der Waals surface area contributed by atoms with Gasteiger partial charge in [0.15, 0.2) is 0 Å². The summed E-state index contributed by atoms with van der Waals surface area (Å²) in [4.78, 5) is 26.7. The quantitative estimate of drug-likeness (QED) is 0.765. The molecule has 0 aliphatic carbocycles. The number of carbonyl (C=O) groups excluding carboxylic acids is 2. The van der Waals surface area contributed by atoms with Crippen molar-refractivity contribution in [2.75, 3.05) is 41.8 Å². The fraction of sp³-hybridized carbons (Fsp3) is 0.300. The molecule has 2 aromatic rings. The van der Waals surface area contributed by atoms with Crippen LogP contribution in [-0.2, 0) is 4.79 Å². The van der Waals surface area contributed by atoms with E-state index in [-0.39, 0.29) is 23.4 Å². The number of carbonyl (C=O) groups is 2. The topological polar surface area (TPSA) is 61.4 Å². The van der Waals surface area contributed by atoms with Crippen LogP contribution in [-0.4, -0.2) is 47.9 Å². The molecule has 8 heteroatoms. The van der Waals surface area contributed by atoms with Gasteiger partial charge in [-0.05, 0) is 42.8 Å². The summed E-state index contributed by atoms with van der Waals surface area (Å²) in [7, 11) is 0. The molecule has 0 bridgehead atoms. The predicted molar refractivity (Wildman–Crippen MR) is 113 cm³/mol. The Balaban J connectivity index is 1.63. The Morgan fingerprint density at radius 2 is 1.89 bits per heavy atom. The first-order valence-corrected chi connectivity index (χ1v) is 10.4. The zero-order valence-corrected chi connectivity index (χ0v) is 17.0. The number of halogens is 2. The van der Waals surface area contributed by atoms with Crippen LogP contribution < -0.4 is 10.6 Å². The summed E-state index contributed by atoms with van der Waals surface area (Å²) in [6.07, 6.45) is 0. The van der Waals surface area contributed by atoms with Crippen LogP contribution in [0.2, 0.25) is 5.02 Å². The minimum absolute atomic E-state index is 0.00546. The smallest absolute Gasteiger partial charge is 0.253 e. The van der Waals surface area contributed by atoms with Crippen molar-refractivity contribution in [3.63, 3.8) is 0 Å². The monoisotopic (exact) mass is 421 g/mol. The summed E-state index contributed by atoms with van der Waals surface area (Å²) in [6, 6.07) is 9.23. The molecule has 0 unspecified atom stereocenters. The molecular weight excluding hydrogens is 401 g/mol. The van der Waals surface area contributed by atoms with Crippen LogP contribution in [0.15, 0.2) is 36.4 Å². The average molecular weight is 422 g/mol. The Morgan fingerprint density at radius 3 is 2.61 bits per heavy atom. The highest BCUT2D eigenvalue weighted by atomic mass is 35.5. The number of nitrogens with zero attached hydrogens (tertiary/aromatic N) is 1. The van der Waals surface area contributed by atoms with E-state index in [9.17, 15) is 14.0 Å². The van der Waals surface area contributed by atoms with E-state index in [1.807, 2.05) is 35.7 Å². The lowest BCUT2D eigenvalue weighted by molar-refractivity contribution is -0.114. The Hall–Kier alpha value is -2.25. The molecular formula is C20H21ClFN3O2S. The molecule has 0 saturated carbocycles. The molecule has 0 spiro atoms. The Labute approximate surface area is 172 Å². The largest absolute Gasteiger partial charge is 0.376 e. The molecule has 1 aliphatic heterocycles. The average Bonchev–Trinajstić information content (AvgIpc) is 2.69. The molecule has 2 amide bonds. The van der Waals surface area contributed by atoms with Gasteiger partial charge in [-0.15, -0.1) is 0 Å². The second-order valence-corrected chi connectivity index (χ2v) is 8.09. The number of rotatable bonds is 5. The van der Waals surface area contributed by atoms with Crippen molar-refractivity contribution in [3.05, 3.63) is 58.4 Å². The van der Waals surface area contributed by atoms with E-state index >= 15 is 0 Å². The van der Waals surface area contributed by atoms with Crippen molar-refractivity contribution in [3.8, 4) is 0 Å².